The molecule has 0 aromatic rings. The summed E-state index contributed by atoms with van der Waals surface area (Å²) in [5.74, 6) is 1.93. The molecular formula is C18H26N2O3. The SMILES string of the molecule is C[C@@H](NC(=O)CN1C(=O)CCC1=O)C12CC3CC(CC(C3)C1)C2. The van der Waals surface area contributed by atoms with Crippen LogP contribution in [0.3, 0.4) is 0 Å². The van der Waals surface area contributed by atoms with Gasteiger partial charge in [-0.3, -0.25) is 19.3 Å². The summed E-state index contributed by atoms with van der Waals surface area (Å²) in [6.07, 6.45) is 8.36. The number of carbonyl (C=O) groups excluding carboxylic acids is 3. The monoisotopic (exact) mass is 318 g/mol. The highest BCUT2D eigenvalue weighted by atomic mass is 16.2. The molecule has 23 heavy (non-hydrogen) atoms. The first kappa shape index (κ1) is 15.2. The van der Waals surface area contributed by atoms with Crippen LogP contribution in [0.15, 0.2) is 0 Å². The number of nitrogens with one attached hydrogen (secondary N) is 1. The highest BCUT2D eigenvalue weighted by Gasteiger charge is 2.53. The quantitative estimate of drug-likeness (QED) is 0.805. The molecule has 0 aromatic heterocycles. The van der Waals surface area contributed by atoms with Crippen LogP contribution in [0.4, 0.5) is 0 Å². The molecular weight excluding hydrogens is 292 g/mol. The van der Waals surface area contributed by atoms with E-state index in [-0.39, 0.29) is 48.6 Å². The Bertz CT molecular complexity index is 505. The van der Waals surface area contributed by atoms with Crippen molar-refractivity contribution in [1.82, 2.24) is 10.2 Å². The van der Waals surface area contributed by atoms with Gasteiger partial charge in [0.05, 0.1) is 0 Å². The predicted octanol–water partition coefficient (Wildman–Crippen LogP) is 1.86. The molecule has 1 saturated heterocycles. The maximum absolute atomic E-state index is 12.3. The Morgan fingerprint density at radius 3 is 2.04 bits per heavy atom. The summed E-state index contributed by atoms with van der Waals surface area (Å²) in [4.78, 5) is 36.8. The van der Waals surface area contributed by atoms with Gasteiger partial charge in [0.15, 0.2) is 0 Å². The third kappa shape index (κ3) is 2.58. The van der Waals surface area contributed by atoms with Gasteiger partial charge in [0.2, 0.25) is 17.7 Å². The van der Waals surface area contributed by atoms with Crippen molar-refractivity contribution >= 4 is 17.7 Å². The summed E-state index contributed by atoms with van der Waals surface area (Å²) in [5, 5.41) is 3.12. The van der Waals surface area contributed by atoms with Crippen LogP contribution in [0.25, 0.3) is 0 Å². The summed E-state index contributed by atoms with van der Waals surface area (Å²) < 4.78 is 0. The van der Waals surface area contributed by atoms with Crippen LogP contribution in [0.2, 0.25) is 0 Å². The summed E-state index contributed by atoms with van der Waals surface area (Å²) in [5.41, 5.74) is 0.253. The van der Waals surface area contributed by atoms with Crippen LogP contribution < -0.4 is 5.32 Å². The number of amides is 3. The van der Waals surface area contributed by atoms with E-state index in [4.69, 9.17) is 0 Å². The average molecular weight is 318 g/mol. The molecule has 5 rings (SSSR count). The molecule has 0 radical (unpaired) electrons. The van der Waals surface area contributed by atoms with E-state index in [1.54, 1.807) is 0 Å². The molecule has 5 aliphatic rings. The maximum Gasteiger partial charge on any atom is 0.240 e. The predicted molar refractivity (Wildman–Crippen MR) is 84.2 cm³/mol. The average Bonchev–Trinajstić information content (AvgIpc) is 2.77. The van der Waals surface area contributed by atoms with Crippen molar-refractivity contribution in [3.05, 3.63) is 0 Å². The van der Waals surface area contributed by atoms with E-state index in [0.29, 0.717) is 0 Å². The number of hydrogen-bond donors (Lipinski definition) is 1. The fourth-order valence-corrected chi connectivity index (χ4v) is 6.09. The lowest BCUT2D eigenvalue weighted by atomic mass is 9.48. The van der Waals surface area contributed by atoms with Gasteiger partial charge in [-0.05, 0) is 68.6 Å². The van der Waals surface area contributed by atoms with Crippen molar-refractivity contribution in [3.8, 4) is 0 Å². The van der Waals surface area contributed by atoms with Crippen LogP contribution in [0.5, 0.6) is 0 Å². The molecule has 0 aromatic carbocycles. The standard InChI is InChI=1S/C18H26N2O3/c1-11(19-15(21)10-20-16(22)2-3-17(20)23)18-7-12-4-13(8-18)6-14(5-12)9-18/h11-14H,2-10H2,1H3,(H,19,21)/t11-,12?,13?,14?,18?/m1/s1. The van der Waals surface area contributed by atoms with E-state index in [0.717, 1.165) is 22.7 Å². The number of carbonyl (C=O) groups is 3. The zero-order valence-corrected chi connectivity index (χ0v) is 13.8. The third-order valence-electron chi connectivity index (χ3n) is 6.84. The van der Waals surface area contributed by atoms with Crippen molar-refractivity contribution in [2.45, 2.75) is 64.3 Å². The van der Waals surface area contributed by atoms with Gasteiger partial charge in [0.1, 0.15) is 6.54 Å². The van der Waals surface area contributed by atoms with Gasteiger partial charge in [0, 0.05) is 18.9 Å². The smallest absolute Gasteiger partial charge is 0.240 e. The first-order chi connectivity index (χ1) is 10.9. The lowest BCUT2D eigenvalue weighted by molar-refractivity contribution is -0.143. The minimum atomic E-state index is -0.215. The first-order valence-corrected chi connectivity index (χ1v) is 9.08. The molecule has 0 spiro atoms. The topological polar surface area (TPSA) is 66.5 Å². The molecule has 5 fully saturated rings. The summed E-state index contributed by atoms with van der Waals surface area (Å²) in [7, 11) is 0. The molecule has 4 saturated carbocycles. The Labute approximate surface area is 137 Å². The largest absolute Gasteiger partial charge is 0.352 e. The van der Waals surface area contributed by atoms with Gasteiger partial charge in [-0.1, -0.05) is 0 Å². The first-order valence-electron chi connectivity index (χ1n) is 9.08. The number of nitrogens with zero attached hydrogens (tertiary/aromatic N) is 1. The third-order valence-corrected chi connectivity index (χ3v) is 6.84. The van der Waals surface area contributed by atoms with Crippen molar-refractivity contribution < 1.29 is 14.4 Å². The van der Waals surface area contributed by atoms with E-state index in [9.17, 15) is 14.4 Å². The lowest BCUT2D eigenvalue weighted by Gasteiger charge is -2.59. The van der Waals surface area contributed by atoms with Gasteiger partial charge in [-0.15, -0.1) is 0 Å². The van der Waals surface area contributed by atoms with Crippen LogP contribution in [0, 0.1) is 23.2 Å². The summed E-state index contributed by atoms with van der Waals surface area (Å²) in [6.45, 7) is 2.02. The Balaban J connectivity index is 1.40. The molecule has 4 bridgehead atoms. The fourth-order valence-electron chi connectivity index (χ4n) is 6.09. The summed E-state index contributed by atoms with van der Waals surface area (Å²) >= 11 is 0. The van der Waals surface area contributed by atoms with Crippen LogP contribution in [-0.2, 0) is 14.4 Å². The zero-order chi connectivity index (χ0) is 16.2. The minimum absolute atomic E-state index is 0.103. The molecule has 4 aliphatic carbocycles. The Morgan fingerprint density at radius 2 is 1.57 bits per heavy atom. The molecule has 126 valence electrons. The van der Waals surface area contributed by atoms with E-state index in [2.05, 4.69) is 12.2 Å². The molecule has 3 amide bonds. The van der Waals surface area contributed by atoms with Gasteiger partial charge < -0.3 is 5.32 Å². The van der Waals surface area contributed by atoms with Crippen molar-refractivity contribution in [3.63, 3.8) is 0 Å². The van der Waals surface area contributed by atoms with Gasteiger partial charge in [-0.25, -0.2) is 0 Å². The maximum atomic E-state index is 12.3. The highest BCUT2D eigenvalue weighted by Crippen LogP contribution is 2.61. The molecule has 5 heteroatoms. The Kier molecular flexibility index (Phi) is 3.50. The number of imide groups is 1. The van der Waals surface area contributed by atoms with Crippen molar-refractivity contribution in [2.75, 3.05) is 6.54 Å². The zero-order valence-electron chi connectivity index (χ0n) is 13.8. The second-order valence-corrected chi connectivity index (χ2v) is 8.44. The van der Waals surface area contributed by atoms with E-state index < -0.39 is 0 Å². The molecule has 5 nitrogen and oxygen atoms in total. The van der Waals surface area contributed by atoms with Gasteiger partial charge in [0.25, 0.3) is 0 Å². The second-order valence-electron chi connectivity index (χ2n) is 8.44. The molecule has 1 N–H and O–H groups in total. The summed E-state index contributed by atoms with van der Waals surface area (Å²) in [6, 6.07) is 0.135. The van der Waals surface area contributed by atoms with E-state index in [1.807, 2.05) is 0 Å². The second kappa shape index (κ2) is 5.32. The molecule has 0 unspecified atom stereocenters. The Morgan fingerprint density at radius 1 is 1.09 bits per heavy atom. The normalized spacial score (nSPS) is 39.9. The van der Waals surface area contributed by atoms with Crippen molar-refractivity contribution in [2.24, 2.45) is 23.2 Å². The van der Waals surface area contributed by atoms with Crippen LogP contribution >= 0.6 is 0 Å². The molecule has 1 atom stereocenters. The minimum Gasteiger partial charge on any atom is -0.352 e. The van der Waals surface area contributed by atoms with Crippen LogP contribution in [0.1, 0.15) is 58.3 Å². The van der Waals surface area contributed by atoms with Crippen LogP contribution in [-0.4, -0.2) is 35.2 Å². The molecule has 1 aliphatic heterocycles. The Hall–Kier alpha value is -1.39. The van der Waals surface area contributed by atoms with Crippen molar-refractivity contribution in [1.29, 1.82) is 0 Å². The fraction of sp³-hybridized carbons (Fsp3) is 0.833. The van der Waals surface area contributed by atoms with Gasteiger partial charge in [-0.2, -0.15) is 0 Å². The number of rotatable bonds is 4. The van der Waals surface area contributed by atoms with E-state index >= 15 is 0 Å². The number of likely N-dealkylation sites (tertiary alicyclic amines) is 1. The highest BCUT2D eigenvalue weighted by molar-refractivity contribution is 6.04. The number of hydrogen-bond acceptors (Lipinski definition) is 3. The van der Waals surface area contributed by atoms with Gasteiger partial charge >= 0.3 is 0 Å². The molecule has 1 heterocycles. The van der Waals surface area contributed by atoms with E-state index in [1.165, 1.54) is 38.5 Å². The lowest BCUT2D eigenvalue weighted by Crippen LogP contribution is -2.56.